The summed E-state index contributed by atoms with van der Waals surface area (Å²) in [5.41, 5.74) is 4.65. The van der Waals surface area contributed by atoms with Gasteiger partial charge >= 0.3 is 0 Å². The largest absolute Gasteiger partial charge is 0.494 e. The van der Waals surface area contributed by atoms with Crippen LogP contribution in [0.4, 0.5) is 8.78 Å². The van der Waals surface area contributed by atoms with E-state index in [1.807, 2.05) is 0 Å². The van der Waals surface area contributed by atoms with Gasteiger partial charge in [-0.2, -0.15) is 0 Å². The van der Waals surface area contributed by atoms with E-state index in [0.717, 1.165) is 18.6 Å². The lowest BCUT2D eigenvalue weighted by Crippen LogP contribution is -2.44. The van der Waals surface area contributed by atoms with Crippen LogP contribution in [0.5, 0.6) is 5.75 Å². The molecule has 1 aliphatic carbocycles. The maximum atomic E-state index is 13.8. The van der Waals surface area contributed by atoms with Gasteiger partial charge in [0.25, 0.3) is 0 Å². The quantitative estimate of drug-likeness (QED) is 0.840. The van der Waals surface area contributed by atoms with Crippen LogP contribution in [0.25, 0.3) is 0 Å². The number of halogens is 2. The van der Waals surface area contributed by atoms with E-state index in [0.29, 0.717) is 12.8 Å². The molecule has 0 unspecified atom stereocenters. The highest BCUT2D eigenvalue weighted by molar-refractivity contribution is 6.01. The molecule has 0 saturated heterocycles. The topological polar surface area (TPSA) is 52.3 Å². The van der Waals surface area contributed by atoms with Crippen molar-refractivity contribution >= 4 is 5.78 Å². The van der Waals surface area contributed by atoms with Crippen LogP contribution in [-0.2, 0) is 0 Å². The second-order valence-electron chi connectivity index (χ2n) is 4.63. The van der Waals surface area contributed by atoms with Gasteiger partial charge < -0.3 is 10.5 Å². The van der Waals surface area contributed by atoms with Crippen LogP contribution in [0, 0.1) is 17.0 Å². The van der Waals surface area contributed by atoms with Crippen molar-refractivity contribution in [3.63, 3.8) is 0 Å². The molecule has 3 nitrogen and oxygen atoms in total. The number of hydrogen-bond acceptors (Lipinski definition) is 3. The van der Waals surface area contributed by atoms with Crippen molar-refractivity contribution in [2.24, 2.45) is 11.1 Å². The van der Waals surface area contributed by atoms with Gasteiger partial charge in [-0.25, -0.2) is 8.78 Å². The second-order valence-corrected chi connectivity index (χ2v) is 4.63. The van der Waals surface area contributed by atoms with Gasteiger partial charge in [-0.15, -0.1) is 0 Å². The Hall–Kier alpha value is -1.49. The van der Waals surface area contributed by atoms with Crippen molar-refractivity contribution in [2.45, 2.75) is 19.3 Å². The van der Waals surface area contributed by atoms with Crippen LogP contribution in [0.1, 0.15) is 29.6 Å². The number of methoxy groups -OCH3 is 1. The van der Waals surface area contributed by atoms with Crippen molar-refractivity contribution in [1.29, 1.82) is 0 Å². The van der Waals surface area contributed by atoms with E-state index < -0.39 is 22.8 Å². The highest BCUT2D eigenvalue weighted by Crippen LogP contribution is 2.43. The summed E-state index contributed by atoms with van der Waals surface area (Å²) in [5.74, 6) is -2.12. The SMILES string of the molecule is COc1cc(F)c(C(=O)C2(CN)CCC2)cc1F. The fraction of sp³-hybridized carbons (Fsp3) is 0.462. The molecule has 1 aromatic carbocycles. The first kappa shape index (κ1) is 13.0. The fourth-order valence-electron chi connectivity index (χ4n) is 2.27. The molecule has 5 heteroatoms. The average molecular weight is 255 g/mol. The molecule has 1 fully saturated rings. The Morgan fingerprint density at radius 3 is 2.50 bits per heavy atom. The highest BCUT2D eigenvalue weighted by Gasteiger charge is 2.44. The third-order valence-electron chi connectivity index (χ3n) is 3.67. The molecule has 98 valence electrons. The van der Waals surface area contributed by atoms with Crippen LogP contribution in [-0.4, -0.2) is 19.4 Å². The third kappa shape index (κ3) is 1.88. The molecule has 2 rings (SSSR count). The minimum absolute atomic E-state index is 0.166. The van der Waals surface area contributed by atoms with Crippen molar-refractivity contribution in [3.8, 4) is 5.75 Å². The second kappa shape index (κ2) is 4.65. The molecule has 1 saturated carbocycles. The zero-order valence-corrected chi connectivity index (χ0v) is 10.1. The van der Waals surface area contributed by atoms with Crippen LogP contribution >= 0.6 is 0 Å². The minimum atomic E-state index is -0.766. The molecule has 0 bridgehead atoms. The maximum absolute atomic E-state index is 13.8. The monoisotopic (exact) mass is 255 g/mol. The number of rotatable bonds is 4. The smallest absolute Gasteiger partial charge is 0.173 e. The molecule has 0 spiro atoms. The number of benzene rings is 1. The van der Waals surface area contributed by atoms with Gasteiger partial charge in [0.05, 0.1) is 12.7 Å². The number of Topliss-reactive ketones (excluding diaryl/α,β-unsaturated/α-hetero) is 1. The van der Waals surface area contributed by atoms with E-state index >= 15 is 0 Å². The van der Waals surface area contributed by atoms with Crippen LogP contribution in [0.2, 0.25) is 0 Å². The van der Waals surface area contributed by atoms with Crippen molar-refractivity contribution in [2.75, 3.05) is 13.7 Å². The molecule has 0 radical (unpaired) electrons. The summed E-state index contributed by atoms with van der Waals surface area (Å²) >= 11 is 0. The van der Waals surface area contributed by atoms with Crippen LogP contribution < -0.4 is 10.5 Å². The third-order valence-corrected chi connectivity index (χ3v) is 3.67. The zero-order valence-electron chi connectivity index (χ0n) is 10.1. The number of ketones is 1. The Kier molecular flexibility index (Phi) is 3.34. The van der Waals surface area contributed by atoms with E-state index in [1.165, 1.54) is 7.11 Å². The van der Waals surface area contributed by atoms with E-state index in [1.54, 1.807) is 0 Å². The summed E-state index contributed by atoms with van der Waals surface area (Å²) in [6.07, 6.45) is 2.16. The maximum Gasteiger partial charge on any atom is 0.173 e. The van der Waals surface area contributed by atoms with Crippen molar-refractivity contribution in [3.05, 3.63) is 29.3 Å². The van der Waals surface area contributed by atoms with Gasteiger partial charge in [-0.1, -0.05) is 6.42 Å². The molecule has 1 aromatic rings. The number of carbonyl (C=O) groups is 1. The van der Waals surface area contributed by atoms with E-state index in [4.69, 9.17) is 5.73 Å². The molecular formula is C13H15F2NO2. The Labute approximate surface area is 104 Å². The number of ether oxygens (including phenoxy) is 1. The Morgan fingerprint density at radius 2 is 2.06 bits per heavy atom. The molecule has 2 N–H and O–H groups in total. The highest BCUT2D eigenvalue weighted by atomic mass is 19.1. The summed E-state index contributed by atoms with van der Waals surface area (Å²) in [6.45, 7) is 0.166. The average Bonchev–Trinajstić information content (AvgIpc) is 2.30. The standard InChI is InChI=1S/C13H15F2NO2/c1-18-11-6-9(14)8(5-10(11)15)12(17)13(7-16)3-2-4-13/h5-6H,2-4,7,16H2,1H3. The van der Waals surface area contributed by atoms with Crippen molar-refractivity contribution in [1.82, 2.24) is 0 Å². The lowest BCUT2D eigenvalue weighted by molar-refractivity contribution is 0.0630. The number of hydrogen-bond donors (Lipinski definition) is 1. The normalized spacial score (nSPS) is 17.1. The first-order valence-corrected chi connectivity index (χ1v) is 5.82. The Morgan fingerprint density at radius 1 is 1.39 bits per heavy atom. The zero-order chi connectivity index (χ0) is 13.3. The minimum Gasteiger partial charge on any atom is -0.494 e. The molecule has 0 heterocycles. The summed E-state index contributed by atoms with van der Waals surface area (Å²) in [5, 5.41) is 0. The molecule has 0 aromatic heterocycles. The van der Waals surface area contributed by atoms with Gasteiger partial charge in [-0.3, -0.25) is 4.79 Å². The van der Waals surface area contributed by atoms with E-state index in [2.05, 4.69) is 4.74 Å². The van der Waals surface area contributed by atoms with Gasteiger partial charge in [0.2, 0.25) is 0 Å². The van der Waals surface area contributed by atoms with Gasteiger partial charge in [-0.05, 0) is 18.9 Å². The summed E-state index contributed by atoms with van der Waals surface area (Å²) < 4.78 is 32.0. The molecule has 0 aliphatic heterocycles. The molecule has 18 heavy (non-hydrogen) atoms. The molecule has 1 aliphatic rings. The number of nitrogens with two attached hydrogens (primary N) is 1. The number of carbonyl (C=O) groups excluding carboxylic acids is 1. The van der Waals surface area contributed by atoms with Gasteiger partial charge in [0.15, 0.2) is 17.3 Å². The van der Waals surface area contributed by atoms with Crippen LogP contribution in [0.3, 0.4) is 0 Å². The lowest BCUT2D eigenvalue weighted by Gasteiger charge is -2.39. The van der Waals surface area contributed by atoms with E-state index in [9.17, 15) is 13.6 Å². The first-order chi connectivity index (χ1) is 8.54. The predicted octanol–water partition coefficient (Wildman–Crippen LogP) is 2.29. The first-order valence-electron chi connectivity index (χ1n) is 5.82. The van der Waals surface area contributed by atoms with Crippen LogP contribution in [0.15, 0.2) is 12.1 Å². The van der Waals surface area contributed by atoms with E-state index in [-0.39, 0.29) is 17.9 Å². The lowest BCUT2D eigenvalue weighted by atomic mass is 9.64. The Bertz CT molecular complexity index is 479. The summed E-state index contributed by atoms with van der Waals surface area (Å²) in [7, 11) is 1.24. The fourth-order valence-corrected chi connectivity index (χ4v) is 2.27. The van der Waals surface area contributed by atoms with Crippen molar-refractivity contribution < 1.29 is 18.3 Å². The summed E-state index contributed by atoms with van der Waals surface area (Å²) in [4.78, 5) is 12.2. The van der Waals surface area contributed by atoms with Gasteiger partial charge in [0, 0.05) is 18.0 Å². The summed E-state index contributed by atoms with van der Waals surface area (Å²) in [6, 6.07) is 1.79. The molecular weight excluding hydrogens is 240 g/mol. The van der Waals surface area contributed by atoms with Gasteiger partial charge in [0.1, 0.15) is 5.82 Å². The Balaban J connectivity index is 2.39. The molecule has 0 atom stereocenters. The predicted molar refractivity (Wildman–Crippen MR) is 62.6 cm³/mol. The molecule has 0 amide bonds.